The van der Waals surface area contributed by atoms with E-state index >= 15 is 0 Å². The van der Waals surface area contributed by atoms with Crippen LogP contribution in [0.1, 0.15) is 19.3 Å². The van der Waals surface area contributed by atoms with Gasteiger partial charge in [-0.15, -0.1) is 0 Å². The van der Waals surface area contributed by atoms with Gasteiger partial charge in [0.15, 0.2) is 0 Å². The number of ether oxygens (including phenoxy) is 1. The van der Waals surface area contributed by atoms with Crippen molar-refractivity contribution in [2.75, 3.05) is 12.4 Å². The van der Waals surface area contributed by atoms with Crippen molar-refractivity contribution < 1.29 is 9.13 Å². The van der Waals surface area contributed by atoms with Crippen LogP contribution < -0.4 is 5.32 Å². The molecule has 1 aromatic heterocycles. The average molecular weight is 249 g/mol. The van der Waals surface area contributed by atoms with Crippen LogP contribution in [0.4, 0.5) is 10.3 Å². The molecule has 0 bridgehead atoms. The first-order valence-electron chi connectivity index (χ1n) is 6.21. The summed E-state index contributed by atoms with van der Waals surface area (Å²) in [5, 5.41) is 3.34. The summed E-state index contributed by atoms with van der Waals surface area (Å²) in [5.41, 5.74) is 1.48. The molecule has 5 heteroatoms. The van der Waals surface area contributed by atoms with Gasteiger partial charge in [-0.2, -0.15) is 0 Å². The molecule has 3 rings (SSSR count). The lowest BCUT2D eigenvalue weighted by Gasteiger charge is -2.18. The van der Waals surface area contributed by atoms with Gasteiger partial charge in [0.05, 0.1) is 23.2 Å². The standard InChI is InChI=1S/C13H16FN3O/c1-18-12-4-2-3-10(12)16-13-15-9-6-5-8(14)7-11(9)17-13/h5-7,10,12H,2-4H2,1H3,(H2,15,16,17). The Bertz CT molecular complexity index is 554. The molecule has 96 valence electrons. The lowest BCUT2D eigenvalue weighted by atomic mass is 10.2. The van der Waals surface area contributed by atoms with E-state index in [0.29, 0.717) is 11.5 Å². The van der Waals surface area contributed by atoms with E-state index in [2.05, 4.69) is 15.3 Å². The second-order valence-electron chi connectivity index (χ2n) is 4.70. The number of nitrogens with zero attached hydrogens (tertiary/aromatic N) is 1. The highest BCUT2D eigenvalue weighted by atomic mass is 19.1. The number of halogens is 1. The molecule has 1 saturated carbocycles. The van der Waals surface area contributed by atoms with E-state index < -0.39 is 0 Å². The Morgan fingerprint density at radius 3 is 3.17 bits per heavy atom. The summed E-state index contributed by atoms with van der Waals surface area (Å²) in [5.74, 6) is 0.429. The van der Waals surface area contributed by atoms with Crippen LogP contribution in [0.5, 0.6) is 0 Å². The van der Waals surface area contributed by atoms with Crippen molar-refractivity contribution in [2.24, 2.45) is 0 Å². The molecule has 1 heterocycles. The van der Waals surface area contributed by atoms with Gasteiger partial charge in [-0.25, -0.2) is 9.37 Å². The van der Waals surface area contributed by atoms with Crippen LogP contribution >= 0.6 is 0 Å². The Kier molecular flexibility index (Phi) is 2.91. The quantitative estimate of drug-likeness (QED) is 0.879. The minimum Gasteiger partial charge on any atom is -0.379 e. The number of hydrogen-bond acceptors (Lipinski definition) is 3. The number of rotatable bonds is 3. The van der Waals surface area contributed by atoms with Crippen molar-refractivity contribution in [1.29, 1.82) is 0 Å². The zero-order valence-electron chi connectivity index (χ0n) is 10.2. The lowest BCUT2D eigenvalue weighted by molar-refractivity contribution is 0.101. The molecule has 0 aliphatic heterocycles. The predicted octanol–water partition coefficient (Wildman–Crippen LogP) is 2.68. The minimum atomic E-state index is -0.256. The Morgan fingerprint density at radius 1 is 1.44 bits per heavy atom. The van der Waals surface area contributed by atoms with Gasteiger partial charge in [-0.3, -0.25) is 0 Å². The summed E-state index contributed by atoms with van der Waals surface area (Å²) in [7, 11) is 1.73. The van der Waals surface area contributed by atoms with Gasteiger partial charge < -0.3 is 15.0 Å². The molecular formula is C13H16FN3O. The SMILES string of the molecule is COC1CCCC1Nc1nc2ccc(F)cc2[nH]1. The van der Waals surface area contributed by atoms with Gasteiger partial charge in [0, 0.05) is 7.11 Å². The average Bonchev–Trinajstić information content (AvgIpc) is 2.94. The number of imidazole rings is 1. The number of aromatic nitrogens is 2. The first kappa shape index (κ1) is 11.5. The number of aromatic amines is 1. The maximum atomic E-state index is 13.1. The van der Waals surface area contributed by atoms with Crippen LogP contribution in [-0.4, -0.2) is 29.2 Å². The monoisotopic (exact) mass is 249 g/mol. The number of H-pyrrole nitrogens is 1. The Labute approximate surface area is 105 Å². The summed E-state index contributed by atoms with van der Waals surface area (Å²) in [4.78, 5) is 7.49. The second-order valence-corrected chi connectivity index (χ2v) is 4.70. The number of fused-ring (bicyclic) bond motifs is 1. The van der Waals surface area contributed by atoms with E-state index in [-0.39, 0.29) is 18.0 Å². The smallest absolute Gasteiger partial charge is 0.201 e. The molecule has 18 heavy (non-hydrogen) atoms. The summed E-state index contributed by atoms with van der Waals surface area (Å²) in [6.07, 6.45) is 3.53. The minimum absolute atomic E-state index is 0.231. The first-order valence-corrected chi connectivity index (χ1v) is 6.21. The Morgan fingerprint density at radius 2 is 2.33 bits per heavy atom. The van der Waals surface area contributed by atoms with Gasteiger partial charge >= 0.3 is 0 Å². The van der Waals surface area contributed by atoms with E-state index in [1.807, 2.05) is 0 Å². The molecule has 0 amide bonds. The summed E-state index contributed by atoms with van der Waals surface area (Å²) in [6.45, 7) is 0. The molecule has 0 spiro atoms. The third kappa shape index (κ3) is 2.06. The zero-order chi connectivity index (χ0) is 12.5. The molecule has 2 aromatic rings. The van der Waals surface area contributed by atoms with Gasteiger partial charge in [0.25, 0.3) is 0 Å². The highest BCUT2D eigenvalue weighted by molar-refractivity contribution is 5.77. The molecule has 2 N–H and O–H groups in total. The fourth-order valence-corrected chi connectivity index (χ4v) is 2.60. The molecule has 1 aliphatic carbocycles. The second kappa shape index (κ2) is 4.57. The summed E-state index contributed by atoms with van der Waals surface area (Å²) >= 11 is 0. The van der Waals surface area contributed by atoms with E-state index in [1.165, 1.54) is 12.1 Å². The van der Waals surface area contributed by atoms with E-state index in [4.69, 9.17) is 4.74 Å². The van der Waals surface area contributed by atoms with Crippen molar-refractivity contribution in [1.82, 2.24) is 9.97 Å². The van der Waals surface area contributed by atoms with Crippen LogP contribution in [0.3, 0.4) is 0 Å². The van der Waals surface area contributed by atoms with Crippen LogP contribution in [-0.2, 0) is 4.74 Å². The normalized spacial score (nSPS) is 23.7. The van der Waals surface area contributed by atoms with Crippen molar-refractivity contribution in [3.05, 3.63) is 24.0 Å². The highest BCUT2D eigenvalue weighted by Gasteiger charge is 2.27. The van der Waals surface area contributed by atoms with E-state index in [9.17, 15) is 4.39 Å². The van der Waals surface area contributed by atoms with Gasteiger partial charge in [-0.1, -0.05) is 0 Å². The van der Waals surface area contributed by atoms with Crippen molar-refractivity contribution in [2.45, 2.75) is 31.4 Å². The van der Waals surface area contributed by atoms with Crippen LogP contribution in [0, 0.1) is 5.82 Å². The molecule has 2 unspecified atom stereocenters. The zero-order valence-corrected chi connectivity index (χ0v) is 10.2. The molecule has 0 radical (unpaired) electrons. The highest BCUT2D eigenvalue weighted by Crippen LogP contribution is 2.25. The predicted molar refractivity (Wildman–Crippen MR) is 68.1 cm³/mol. The number of methoxy groups -OCH3 is 1. The number of nitrogens with one attached hydrogen (secondary N) is 2. The van der Waals surface area contributed by atoms with Crippen LogP contribution in [0.25, 0.3) is 11.0 Å². The molecule has 0 saturated heterocycles. The van der Waals surface area contributed by atoms with Crippen molar-refractivity contribution in [3.63, 3.8) is 0 Å². The maximum absolute atomic E-state index is 13.1. The molecular weight excluding hydrogens is 233 g/mol. The largest absolute Gasteiger partial charge is 0.379 e. The number of anilines is 1. The maximum Gasteiger partial charge on any atom is 0.201 e. The fourth-order valence-electron chi connectivity index (χ4n) is 2.60. The summed E-state index contributed by atoms with van der Waals surface area (Å²) < 4.78 is 18.5. The molecule has 2 atom stereocenters. The molecule has 1 aliphatic rings. The molecule has 1 aromatic carbocycles. The third-order valence-corrected chi connectivity index (χ3v) is 3.52. The lowest BCUT2D eigenvalue weighted by Crippen LogP contribution is -2.30. The van der Waals surface area contributed by atoms with Crippen LogP contribution in [0.15, 0.2) is 18.2 Å². The first-order chi connectivity index (χ1) is 8.76. The van der Waals surface area contributed by atoms with Gasteiger partial charge in [0.1, 0.15) is 5.82 Å². The van der Waals surface area contributed by atoms with E-state index in [0.717, 1.165) is 24.8 Å². The van der Waals surface area contributed by atoms with Gasteiger partial charge in [0.2, 0.25) is 5.95 Å². The Hall–Kier alpha value is -1.62. The molecule has 4 nitrogen and oxygen atoms in total. The topological polar surface area (TPSA) is 49.9 Å². The Balaban J connectivity index is 1.82. The van der Waals surface area contributed by atoms with Crippen molar-refractivity contribution >= 4 is 17.0 Å². The summed E-state index contributed by atoms with van der Waals surface area (Å²) in [6, 6.07) is 4.83. The number of benzene rings is 1. The van der Waals surface area contributed by atoms with Crippen LogP contribution in [0.2, 0.25) is 0 Å². The fraction of sp³-hybridized carbons (Fsp3) is 0.462. The van der Waals surface area contributed by atoms with Gasteiger partial charge in [-0.05, 0) is 37.5 Å². The van der Waals surface area contributed by atoms with Crippen molar-refractivity contribution in [3.8, 4) is 0 Å². The third-order valence-electron chi connectivity index (χ3n) is 3.52. The molecule has 1 fully saturated rings. The van der Waals surface area contributed by atoms with E-state index in [1.54, 1.807) is 13.2 Å². The number of hydrogen-bond donors (Lipinski definition) is 2.